The van der Waals surface area contributed by atoms with Crippen LogP contribution in [0, 0.1) is 3.70 Å². The Balaban J connectivity index is 2.40. The Kier molecular flexibility index (Phi) is 7.43. The van der Waals surface area contributed by atoms with Crippen molar-refractivity contribution in [3.05, 3.63) is 28.0 Å². The quantitative estimate of drug-likeness (QED) is 0.512. The van der Waals surface area contributed by atoms with Crippen LogP contribution in [-0.4, -0.2) is 58.9 Å². The molecule has 114 valence electrons. The van der Waals surface area contributed by atoms with Crippen LogP contribution in [0.4, 0.5) is 4.79 Å². The van der Waals surface area contributed by atoms with E-state index in [1.807, 2.05) is 22.6 Å². The number of rotatable bonds is 7. The number of likely N-dealkylation sites (N-methyl/N-ethyl adjacent to an activating group) is 1. The molecule has 1 aromatic heterocycles. The Morgan fingerprint density at radius 1 is 1.48 bits per heavy atom. The summed E-state index contributed by atoms with van der Waals surface area (Å²) in [5.41, 5.74) is 0. The van der Waals surface area contributed by atoms with Gasteiger partial charge in [-0.25, -0.2) is 4.79 Å². The highest BCUT2D eigenvalue weighted by atomic mass is 127. The van der Waals surface area contributed by atoms with E-state index >= 15 is 0 Å². The Hall–Kier alpha value is -1.91. The van der Waals surface area contributed by atoms with Crippen molar-refractivity contribution in [2.75, 3.05) is 26.7 Å². The summed E-state index contributed by atoms with van der Waals surface area (Å²) in [7, 11) is 1.50. The largest absolute Gasteiger partial charge is 0.475 e. The zero-order chi connectivity index (χ0) is 15.7. The number of aromatic nitrogens is 2. The fourth-order valence-corrected chi connectivity index (χ4v) is 1.56. The van der Waals surface area contributed by atoms with Gasteiger partial charge >= 0.3 is 6.09 Å². The zero-order valence-electron chi connectivity index (χ0n) is 11.3. The molecule has 0 unspecified atom stereocenters. The van der Waals surface area contributed by atoms with Crippen LogP contribution < -0.4 is 10.1 Å². The molecule has 2 amide bonds. The first-order valence-electron chi connectivity index (χ1n) is 6.01. The summed E-state index contributed by atoms with van der Waals surface area (Å²) in [4.78, 5) is 23.1. The molecule has 0 fully saturated rings. The van der Waals surface area contributed by atoms with E-state index in [4.69, 9.17) is 9.84 Å². The van der Waals surface area contributed by atoms with Gasteiger partial charge in [0, 0.05) is 25.7 Å². The van der Waals surface area contributed by atoms with Gasteiger partial charge in [-0.3, -0.25) is 4.79 Å². The van der Waals surface area contributed by atoms with Crippen LogP contribution in [0.2, 0.25) is 0 Å². The Labute approximate surface area is 135 Å². The molecule has 1 aromatic rings. The molecular formula is C12H15IN4O4. The van der Waals surface area contributed by atoms with E-state index in [2.05, 4.69) is 15.5 Å². The number of carbonyl (C=O) groups is 2. The standard InChI is InChI=1S/C12H15IN4O4/c1-14-10(18)3-2-6-17(12(19)20)7-8-21-11-5-4-9(13)15-16-11/h2-5H,6-8H2,1H3,(H,14,18)(H,19,20)/b3-2+. The minimum absolute atomic E-state index is 0.102. The second kappa shape index (κ2) is 9.10. The van der Waals surface area contributed by atoms with Gasteiger partial charge in [-0.1, -0.05) is 6.08 Å². The van der Waals surface area contributed by atoms with Gasteiger partial charge in [-0.15, -0.1) is 10.2 Å². The summed E-state index contributed by atoms with van der Waals surface area (Å²) >= 11 is 2.02. The molecule has 0 saturated carbocycles. The summed E-state index contributed by atoms with van der Waals surface area (Å²) in [5, 5.41) is 19.1. The molecule has 0 aromatic carbocycles. The molecule has 0 radical (unpaired) electrons. The molecule has 1 rings (SSSR count). The van der Waals surface area contributed by atoms with Crippen LogP contribution in [0.1, 0.15) is 0 Å². The predicted octanol–water partition coefficient (Wildman–Crippen LogP) is 0.742. The van der Waals surface area contributed by atoms with Gasteiger partial charge in [0.2, 0.25) is 11.8 Å². The van der Waals surface area contributed by atoms with Crippen LogP contribution >= 0.6 is 22.6 Å². The molecule has 8 nitrogen and oxygen atoms in total. The molecule has 0 bridgehead atoms. The lowest BCUT2D eigenvalue weighted by molar-refractivity contribution is -0.116. The maximum atomic E-state index is 11.0. The Morgan fingerprint density at radius 3 is 2.81 bits per heavy atom. The van der Waals surface area contributed by atoms with Crippen molar-refractivity contribution in [2.45, 2.75) is 0 Å². The van der Waals surface area contributed by atoms with Crippen LogP contribution in [0.15, 0.2) is 24.3 Å². The first-order chi connectivity index (χ1) is 10.0. The molecular weight excluding hydrogens is 391 g/mol. The van der Waals surface area contributed by atoms with E-state index in [-0.39, 0.29) is 25.6 Å². The number of hydrogen-bond donors (Lipinski definition) is 2. The molecule has 0 aliphatic rings. The summed E-state index contributed by atoms with van der Waals surface area (Å²) in [6, 6.07) is 3.40. The summed E-state index contributed by atoms with van der Waals surface area (Å²) < 4.78 is 6.05. The fraction of sp³-hybridized carbons (Fsp3) is 0.333. The minimum atomic E-state index is -1.09. The van der Waals surface area contributed by atoms with Gasteiger partial charge in [0.05, 0.1) is 6.54 Å². The third kappa shape index (κ3) is 6.88. The second-order valence-corrected chi connectivity index (χ2v) is 4.89. The van der Waals surface area contributed by atoms with Crippen molar-refractivity contribution >= 4 is 34.6 Å². The third-order valence-corrected chi connectivity index (χ3v) is 2.91. The monoisotopic (exact) mass is 406 g/mol. The zero-order valence-corrected chi connectivity index (χ0v) is 13.5. The van der Waals surface area contributed by atoms with Crippen LogP contribution in [0.3, 0.4) is 0 Å². The van der Waals surface area contributed by atoms with E-state index < -0.39 is 6.09 Å². The van der Waals surface area contributed by atoms with Gasteiger partial charge in [-0.05, 0) is 28.7 Å². The van der Waals surface area contributed by atoms with Crippen molar-refractivity contribution in [3.8, 4) is 5.88 Å². The van der Waals surface area contributed by atoms with E-state index in [1.165, 1.54) is 19.2 Å². The molecule has 0 spiro atoms. The molecule has 21 heavy (non-hydrogen) atoms. The van der Waals surface area contributed by atoms with Gasteiger partial charge in [0.15, 0.2) is 0 Å². The van der Waals surface area contributed by atoms with Gasteiger partial charge in [0.25, 0.3) is 0 Å². The number of nitrogens with zero attached hydrogens (tertiary/aromatic N) is 3. The maximum absolute atomic E-state index is 11.0. The lowest BCUT2D eigenvalue weighted by Gasteiger charge is -2.17. The molecule has 2 N–H and O–H groups in total. The Bertz CT molecular complexity index is 506. The topological polar surface area (TPSA) is 105 Å². The van der Waals surface area contributed by atoms with E-state index in [9.17, 15) is 9.59 Å². The molecule has 1 heterocycles. The molecule has 0 aliphatic carbocycles. The molecule has 0 saturated heterocycles. The predicted molar refractivity (Wildman–Crippen MR) is 83.0 cm³/mol. The van der Waals surface area contributed by atoms with Crippen molar-refractivity contribution < 1.29 is 19.4 Å². The first kappa shape index (κ1) is 17.1. The van der Waals surface area contributed by atoms with Crippen molar-refractivity contribution in [1.82, 2.24) is 20.4 Å². The van der Waals surface area contributed by atoms with Crippen LogP contribution in [0.25, 0.3) is 0 Å². The molecule has 0 atom stereocenters. The number of carboxylic acid groups (broad SMARTS) is 1. The number of halogens is 1. The first-order valence-corrected chi connectivity index (χ1v) is 7.09. The van der Waals surface area contributed by atoms with Gasteiger partial charge in [0.1, 0.15) is 10.3 Å². The van der Waals surface area contributed by atoms with Crippen LogP contribution in [0.5, 0.6) is 5.88 Å². The van der Waals surface area contributed by atoms with Crippen LogP contribution in [-0.2, 0) is 4.79 Å². The van der Waals surface area contributed by atoms with Gasteiger partial charge in [-0.2, -0.15) is 0 Å². The van der Waals surface area contributed by atoms with Crippen molar-refractivity contribution in [1.29, 1.82) is 0 Å². The number of ether oxygens (including phenoxy) is 1. The molecule has 0 aliphatic heterocycles. The highest BCUT2D eigenvalue weighted by molar-refractivity contribution is 14.1. The number of amides is 2. The lowest BCUT2D eigenvalue weighted by Crippen LogP contribution is -2.33. The normalized spacial score (nSPS) is 10.4. The number of carbonyl (C=O) groups excluding carboxylic acids is 1. The summed E-state index contributed by atoms with van der Waals surface area (Å²) in [6.45, 7) is 0.404. The third-order valence-electron chi connectivity index (χ3n) is 2.33. The van der Waals surface area contributed by atoms with E-state index in [0.29, 0.717) is 5.88 Å². The second-order valence-electron chi connectivity index (χ2n) is 3.79. The number of hydrogen-bond acceptors (Lipinski definition) is 5. The minimum Gasteiger partial charge on any atom is -0.475 e. The SMILES string of the molecule is CNC(=O)/C=C/CN(CCOc1ccc(I)nn1)C(=O)O. The highest BCUT2D eigenvalue weighted by Gasteiger charge is 2.10. The summed E-state index contributed by atoms with van der Waals surface area (Å²) in [6.07, 6.45) is 1.66. The van der Waals surface area contributed by atoms with Gasteiger partial charge < -0.3 is 20.1 Å². The Morgan fingerprint density at radius 2 is 2.24 bits per heavy atom. The lowest BCUT2D eigenvalue weighted by atomic mass is 10.4. The smallest absolute Gasteiger partial charge is 0.407 e. The van der Waals surface area contributed by atoms with Crippen molar-refractivity contribution in [3.63, 3.8) is 0 Å². The fourth-order valence-electron chi connectivity index (χ4n) is 1.28. The van der Waals surface area contributed by atoms with E-state index in [0.717, 1.165) is 8.60 Å². The average Bonchev–Trinajstić information content (AvgIpc) is 2.47. The summed E-state index contributed by atoms with van der Waals surface area (Å²) in [5.74, 6) is 0.0485. The molecule has 9 heteroatoms. The number of nitrogens with one attached hydrogen (secondary N) is 1. The van der Waals surface area contributed by atoms with Crippen molar-refractivity contribution in [2.24, 2.45) is 0 Å². The average molecular weight is 406 g/mol. The maximum Gasteiger partial charge on any atom is 0.407 e. The van der Waals surface area contributed by atoms with E-state index in [1.54, 1.807) is 12.1 Å². The highest BCUT2D eigenvalue weighted by Crippen LogP contribution is 2.06.